The molecule has 0 unspecified atom stereocenters. The topological polar surface area (TPSA) is 52.0 Å². The van der Waals surface area contributed by atoms with E-state index in [0.29, 0.717) is 10.8 Å². The van der Waals surface area contributed by atoms with Crippen molar-refractivity contribution in [3.63, 3.8) is 0 Å². The van der Waals surface area contributed by atoms with Crippen LogP contribution in [0.1, 0.15) is 13.8 Å². The van der Waals surface area contributed by atoms with Crippen LogP contribution >= 0.6 is 11.6 Å². The van der Waals surface area contributed by atoms with Gasteiger partial charge in [0.1, 0.15) is 5.15 Å². The van der Waals surface area contributed by atoms with Crippen molar-refractivity contribution in [2.45, 2.75) is 24.0 Å². The molecule has 0 saturated heterocycles. The Balaban J connectivity index is 2.69. The Morgan fingerprint density at radius 1 is 1.22 bits per heavy atom. The van der Waals surface area contributed by atoms with Gasteiger partial charge >= 0.3 is 0 Å². The van der Waals surface area contributed by atoms with Crippen LogP contribution in [0.4, 0.5) is 0 Å². The molecule has 1 aromatic heterocycles. The van der Waals surface area contributed by atoms with Gasteiger partial charge in [0.2, 0.25) is 0 Å². The SMILES string of the molecule is CC(C)S(=O)(=O)c1ccccc1-n1nccc1Cl. The Morgan fingerprint density at radius 3 is 2.44 bits per heavy atom. The fourth-order valence-electron chi connectivity index (χ4n) is 1.59. The molecule has 0 spiro atoms. The summed E-state index contributed by atoms with van der Waals surface area (Å²) in [6, 6.07) is 8.32. The molecule has 0 amide bonds. The smallest absolute Gasteiger partial charge is 0.182 e. The van der Waals surface area contributed by atoms with Crippen LogP contribution in [0.2, 0.25) is 5.15 Å². The van der Waals surface area contributed by atoms with E-state index >= 15 is 0 Å². The molecule has 0 bridgehead atoms. The number of benzene rings is 1. The molecule has 0 aliphatic rings. The Labute approximate surface area is 111 Å². The highest BCUT2D eigenvalue weighted by Crippen LogP contribution is 2.25. The summed E-state index contributed by atoms with van der Waals surface area (Å²) in [6.45, 7) is 3.30. The summed E-state index contributed by atoms with van der Waals surface area (Å²) in [6.07, 6.45) is 1.53. The first-order valence-corrected chi connectivity index (χ1v) is 7.40. The molecule has 0 fully saturated rings. The van der Waals surface area contributed by atoms with Crippen LogP contribution in [0.25, 0.3) is 5.69 Å². The molecule has 6 heteroatoms. The van der Waals surface area contributed by atoms with Crippen molar-refractivity contribution in [3.05, 3.63) is 41.7 Å². The minimum absolute atomic E-state index is 0.241. The van der Waals surface area contributed by atoms with E-state index in [0.717, 1.165) is 0 Å². The Kier molecular flexibility index (Phi) is 3.45. The quantitative estimate of drug-likeness (QED) is 0.871. The predicted molar refractivity (Wildman–Crippen MR) is 70.9 cm³/mol. The number of para-hydroxylation sites is 1. The molecule has 4 nitrogen and oxygen atoms in total. The third-order valence-electron chi connectivity index (χ3n) is 2.62. The molecular formula is C12H13ClN2O2S. The normalized spacial score (nSPS) is 12.0. The van der Waals surface area contributed by atoms with E-state index in [2.05, 4.69) is 5.10 Å². The zero-order chi connectivity index (χ0) is 13.3. The largest absolute Gasteiger partial charge is 0.223 e. The molecule has 0 N–H and O–H groups in total. The van der Waals surface area contributed by atoms with Crippen molar-refractivity contribution in [2.75, 3.05) is 0 Å². The molecule has 18 heavy (non-hydrogen) atoms. The molecule has 0 aliphatic carbocycles. The van der Waals surface area contributed by atoms with Gasteiger partial charge < -0.3 is 0 Å². The number of rotatable bonds is 3. The third-order valence-corrected chi connectivity index (χ3v) is 5.10. The lowest BCUT2D eigenvalue weighted by molar-refractivity contribution is 0.586. The highest BCUT2D eigenvalue weighted by atomic mass is 35.5. The van der Waals surface area contributed by atoms with Crippen molar-refractivity contribution < 1.29 is 8.42 Å². The molecule has 2 rings (SSSR count). The van der Waals surface area contributed by atoms with Gasteiger partial charge in [-0.2, -0.15) is 5.10 Å². The zero-order valence-corrected chi connectivity index (χ0v) is 11.6. The molecule has 1 heterocycles. The van der Waals surface area contributed by atoms with E-state index in [1.165, 1.54) is 10.9 Å². The summed E-state index contributed by atoms with van der Waals surface area (Å²) in [7, 11) is -3.37. The van der Waals surface area contributed by atoms with Gasteiger partial charge in [0.15, 0.2) is 9.84 Å². The van der Waals surface area contributed by atoms with Gasteiger partial charge in [0.05, 0.1) is 22.0 Å². The first kappa shape index (κ1) is 13.1. The molecule has 0 saturated carbocycles. The summed E-state index contributed by atoms with van der Waals surface area (Å²) in [5.41, 5.74) is 0.473. The van der Waals surface area contributed by atoms with Gasteiger partial charge in [0.25, 0.3) is 0 Å². The number of hydrogen-bond acceptors (Lipinski definition) is 3. The average molecular weight is 285 g/mol. The average Bonchev–Trinajstić information content (AvgIpc) is 2.75. The van der Waals surface area contributed by atoms with Gasteiger partial charge in [0, 0.05) is 0 Å². The summed E-state index contributed by atoms with van der Waals surface area (Å²) in [5, 5.41) is 3.92. The molecule has 0 radical (unpaired) electrons. The van der Waals surface area contributed by atoms with E-state index in [4.69, 9.17) is 11.6 Å². The standard InChI is InChI=1S/C12H13ClN2O2S/c1-9(2)18(16,17)11-6-4-3-5-10(11)15-12(13)7-8-14-15/h3-9H,1-2H3. The summed E-state index contributed by atoms with van der Waals surface area (Å²) < 4.78 is 26.0. The monoisotopic (exact) mass is 284 g/mol. The predicted octanol–water partition coefficient (Wildman–Crippen LogP) is 2.71. The zero-order valence-electron chi connectivity index (χ0n) is 10.0. The highest BCUT2D eigenvalue weighted by Gasteiger charge is 2.23. The molecule has 0 aliphatic heterocycles. The van der Waals surface area contributed by atoms with Gasteiger partial charge in [-0.3, -0.25) is 0 Å². The van der Waals surface area contributed by atoms with Crippen LogP contribution in [0.3, 0.4) is 0 Å². The van der Waals surface area contributed by atoms with Crippen LogP contribution in [-0.2, 0) is 9.84 Å². The lowest BCUT2D eigenvalue weighted by Crippen LogP contribution is -2.16. The number of sulfone groups is 1. The summed E-state index contributed by atoms with van der Waals surface area (Å²) in [5.74, 6) is 0. The number of halogens is 1. The van der Waals surface area contributed by atoms with E-state index in [-0.39, 0.29) is 4.90 Å². The van der Waals surface area contributed by atoms with Gasteiger partial charge in [-0.1, -0.05) is 23.7 Å². The lowest BCUT2D eigenvalue weighted by atomic mass is 10.3. The van der Waals surface area contributed by atoms with E-state index in [1.807, 2.05) is 0 Å². The van der Waals surface area contributed by atoms with Crippen LogP contribution in [-0.4, -0.2) is 23.4 Å². The maximum absolute atomic E-state index is 12.3. The van der Waals surface area contributed by atoms with Gasteiger partial charge in [-0.15, -0.1) is 0 Å². The highest BCUT2D eigenvalue weighted by molar-refractivity contribution is 7.92. The lowest BCUT2D eigenvalue weighted by Gasteiger charge is -2.13. The van der Waals surface area contributed by atoms with Crippen molar-refractivity contribution in [3.8, 4) is 5.69 Å². The molecule has 96 valence electrons. The second kappa shape index (κ2) is 4.74. The first-order chi connectivity index (χ1) is 8.44. The molecule has 2 aromatic rings. The molecule has 0 atom stereocenters. The van der Waals surface area contributed by atoms with Crippen LogP contribution in [0.5, 0.6) is 0 Å². The van der Waals surface area contributed by atoms with Crippen molar-refractivity contribution in [2.24, 2.45) is 0 Å². The van der Waals surface area contributed by atoms with E-state index < -0.39 is 15.1 Å². The Hall–Kier alpha value is -1.33. The fourth-order valence-corrected chi connectivity index (χ4v) is 3.00. The summed E-state index contributed by atoms with van der Waals surface area (Å²) in [4.78, 5) is 0.241. The van der Waals surface area contributed by atoms with Crippen LogP contribution in [0, 0.1) is 0 Å². The second-order valence-electron chi connectivity index (χ2n) is 4.13. The summed E-state index contributed by atoms with van der Waals surface area (Å²) >= 11 is 5.98. The minimum atomic E-state index is -3.37. The van der Waals surface area contributed by atoms with Crippen molar-refractivity contribution >= 4 is 21.4 Å². The van der Waals surface area contributed by atoms with Crippen LogP contribution in [0.15, 0.2) is 41.4 Å². The van der Waals surface area contributed by atoms with Crippen LogP contribution < -0.4 is 0 Å². The Bertz CT molecular complexity index is 662. The number of nitrogens with zero attached hydrogens (tertiary/aromatic N) is 2. The van der Waals surface area contributed by atoms with E-state index in [1.54, 1.807) is 44.2 Å². The Morgan fingerprint density at radius 2 is 1.89 bits per heavy atom. The van der Waals surface area contributed by atoms with Gasteiger partial charge in [-0.25, -0.2) is 13.1 Å². The van der Waals surface area contributed by atoms with Crippen molar-refractivity contribution in [1.29, 1.82) is 0 Å². The number of aromatic nitrogens is 2. The fraction of sp³-hybridized carbons (Fsp3) is 0.250. The van der Waals surface area contributed by atoms with Crippen molar-refractivity contribution in [1.82, 2.24) is 9.78 Å². The first-order valence-electron chi connectivity index (χ1n) is 5.47. The second-order valence-corrected chi connectivity index (χ2v) is 6.99. The molecule has 1 aromatic carbocycles. The maximum atomic E-state index is 12.3. The maximum Gasteiger partial charge on any atom is 0.182 e. The number of hydrogen-bond donors (Lipinski definition) is 0. The van der Waals surface area contributed by atoms with E-state index in [9.17, 15) is 8.42 Å². The minimum Gasteiger partial charge on any atom is -0.223 e. The third kappa shape index (κ3) is 2.15. The molecular weight excluding hydrogens is 272 g/mol. The van der Waals surface area contributed by atoms with Gasteiger partial charge in [-0.05, 0) is 32.0 Å².